The minimum Gasteiger partial charge on any atom is -0.444 e. The van der Waals surface area contributed by atoms with Gasteiger partial charge in [-0.2, -0.15) is 0 Å². The Bertz CT molecular complexity index is 1700. The Labute approximate surface area is 304 Å². The van der Waals surface area contributed by atoms with Crippen LogP contribution in [0.25, 0.3) is 5.57 Å². The summed E-state index contributed by atoms with van der Waals surface area (Å²) >= 11 is 0. The number of esters is 1. The van der Waals surface area contributed by atoms with Crippen molar-refractivity contribution < 1.29 is 43.0 Å². The molecule has 1 unspecified atom stereocenters. The van der Waals surface area contributed by atoms with Crippen LogP contribution in [0.2, 0.25) is 0 Å². The van der Waals surface area contributed by atoms with Crippen LogP contribution in [0.3, 0.4) is 0 Å². The molecule has 3 N–H and O–H groups in total. The molecule has 2 aliphatic rings. The zero-order chi connectivity index (χ0) is 38.9. The van der Waals surface area contributed by atoms with Gasteiger partial charge in [0.25, 0.3) is 11.8 Å². The molecule has 0 spiro atoms. The monoisotopic (exact) mass is 722 g/mol. The van der Waals surface area contributed by atoms with Crippen molar-refractivity contribution in [3.05, 3.63) is 70.1 Å². The highest BCUT2D eigenvalue weighted by Crippen LogP contribution is 2.42. The fraction of sp³-hybridized carbons (Fsp3) is 0.487. The van der Waals surface area contributed by atoms with Gasteiger partial charge >= 0.3 is 5.97 Å². The number of ether oxygens (including phenoxy) is 1. The average molecular weight is 723 g/mol. The van der Waals surface area contributed by atoms with Gasteiger partial charge < -0.3 is 25.4 Å². The van der Waals surface area contributed by atoms with E-state index in [0.717, 1.165) is 13.1 Å². The zero-order valence-corrected chi connectivity index (χ0v) is 31.2. The fourth-order valence-electron chi connectivity index (χ4n) is 6.28. The van der Waals surface area contributed by atoms with Crippen LogP contribution >= 0.6 is 0 Å². The normalized spacial score (nSPS) is 16.7. The summed E-state index contributed by atoms with van der Waals surface area (Å²) in [7, 11) is 0. The number of allylic oxidation sites excluding steroid dienone is 4. The van der Waals surface area contributed by atoms with E-state index in [1.165, 1.54) is 43.9 Å². The first-order valence-electron chi connectivity index (χ1n) is 17.6. The Morgan fingerprint density at radius 2 is 1.75 bits per heavy atom. The molecule has 282 valence electrons. The van der Waals surface area contributed by atoms with E-state index in [9.17, 15) is 38.3 Å². The predicted octanol–water partition coefficient (Wildman–Crippen LogP) is 3.94. The number of nitrogens with one attached hydrogen (secondary N) is 2. The lowest BCUT2D eigenvalue weighted by molar-refractivity contribution is -0.149. The summed E-state index contributed by atoms with van der Waals surface area (Å²) in [5, 5.41) is 15.1. The Hall–Kier alpha value is -4.75. The molecule has 0 saturated heterocycles. The first kappa shape index (κ1) is 41.7. The molecular formula is C39H51FN4O8. The SMILES string of the molecule is C=C1C(C)=C(C(=O)NCCN(CC)CC)C(C)=C1/C=C1\C(=O)N(COC(=O)C(C)CC(=O)CCCC(=O)N[C@H](C(C)=O)[C@@H](C)O)c2ccc(F)cc21. The third-order valence-electron chi connectivity index (χ3n) is 9.44. The van der Waals surface area contributed by atoms with E-state index in [-0.39, 0.29) is 48.7 Å². The van der Waals surface area contributed by atoms with E-state index in [1.807, 2.05) is 0 Å². The van der Waals surface area contributed by atoms with Gasteiger partial charge in [0.1, 0.15) is 17.6 Å². The van der Waals surface area contributed by atoms with Gasteiger partial charge in [-0.1, -0.05) is 27.4 Å². The quantitative estimate of drug-likeness (QED) is 0.142. The fourth-order valence-corrected chi connectivity index (χ4v) is 6.28. The predicted molar refractivity (Wildman–Crippen MR) is 195 cm³/mol. The minimum absolute atomic E-state index is 0.0107. The highest BCUT2D eigenvalue weighted by molar-refractivity contribution is 6.33. The topological polar surface area (TPSA) is 162 Å². The number of hydrogen-bond donors (Lipinski definition) is 3. The summed E-state index contributed by atoms with van der Waals surface area (Å²) in [5.74, 6) is -4.07. The number of ketones is 2. The first-order chi connectivity index (χ1) is 24.5. The Kier molecular flexibility index (Phi) is 14.9. The first-order valence-corrected chi connectivity index (χ1v) is 17.6. The largest absolute Gasteiger partial charge is 0.444 e. The molecule has 12 nitrogen and oxygen atoms in total. The molecule has 0 aromatic heterocycles. The van der Waals surface area contributed by atoms with Gasteiger partial charge in [-0.15, -0.1) is 0 Å². The van der Waals surface area contributed by atoms with Crippen LogP contribution in [0.15, 0.2) is 58.7 Å². The smallest absolute Gasteiger partial charge is 0.310 e. The number of fused-ring (bicyclic) bond motifs is 1. The van der Waals surface area contributed by atoms with E-state index in [1.54, 1.807) is 19.9 Å². The number of amides is 3. The van der Waals surface area contributed by atoms with Crippen molar-refractivity contribution in [1.29, 1.82) is 0 Å². The van der Waals surface area contributed by atoms with Crippen LogP contribution in [0.4, 0.5) is 10.1 Å². The number of rotatable bonds is 19. The average Bonchev–Trinajstić information content (AvgIpc) is 3.46. The summed E-state index contributed by atoms with van der Waals surface area (Å²) < 4.78 is 19.9. The maximum atomic E-state index is 14.5. The molecule has 1 aliphatic heterocycles. The lowest BCUT2D eigenvalue weighted by atomic mass is 9.99. The summed E-state index contributed by atoms with van der Waals surface area (Å²) in [4.78, 5) is 79.6. The number of anilines is 1. The number of halogens is 1. The number of hydrogen-bond acceptors (Lipinski definition) is 9. The molecule has 0 saturated carbocycles. The number of carbonyl (C=O) groups is 6. The Morgan fingerprint density at radius 1 is 1.08 bits per heavy atom. The van der Waals surface area contributed by atoms with E-state index >= 15 is 0 Å². The molecule has 52 heavy (non-hydrogen) atoms. The molecule has 3 rings (SSSR count). The number of benzene rings is 1. The molecule has 3 atom stereocenters. The number of nitrogens with zero attached hydrogens (tertiary/aromatic N) is 2. The van der Waals surface area contributed by atoms with Gasteiger partial charge in [0.15, 0.2) is 12.5 Å². The van der Waals surface area contributed by atoms with Crippen LogP contribution in [0.1, 0.15) is 79.7 Å². The van der Waals surface area contributed by atoms with Gasteiger partial charge in [-0.3, -0.25) is 33.7 Å². The molecule has 0 bridgehead atoms. The molecular weight excluding hydrogens is 671 g/mol. The minimum atomic E-state index is -1.06. The van der Waals surface area contributed by atoms with Crippen molar-refractivity contribution in [3.63, 3.8) is 0 Å². The summed E-state index contributed by atoms with van der Waals surface area (Å²) in [6.07, 6.45) is 0.529. The second-order valence-electron chi connectivity index (χ2n) is 13.2. The number of Topliss-reactive ketones (excluding diaryl/α,β-unsaturated/α-hetero) is 2. The van der Waals surface area contributed by atoms with Crippen molar-refractivity contribution in [2.75, 3.05) is 37.8 Å². The van der Waals surface area contributed by atoms with Crippen molar-refractivity contribution in [2.45, 2.75) is 86.3 Å². The second-order valence-corrected chi connectivity index (χ2v) is 13.2. The standard InChI is InChI=1S/C39H51FN4O8/c1-9-43(10-2)17-16-41-37(49)35-24(5)23(4)30(25(35)6)20-32-31-19-28(40)14-15-33(31)44(38(32)50)21-52-39(51)22(3)18-29(47)12-11-13-34(48)42-36(26(7)45)27(8)46/h14-15,19-20,22,26,36,45H,4,9-13,16-18,21H2,1-3,5-8H3,(H,41,49)(H,42,48)/b32-20-/t22?,26-,36+/m1/s1. The van der Waals surface area contributed by atoms with Gasteiger partial charge in [0, 0.05) is 43.5 Å². The third kappa shape index (κ3) is 10.2. The number of carbonyl (C=O) groups excluding carboxylic acids is 6. The lowest BCUT2D eigenvalue weighted by Gasteiger charge is -2.19. The number of aliphatic hydroxyl groups excluding tert-OH is 1. The van der Waals surface area contributed by atoms with E-state index in [4.69, 9.17) is 4.74 Å². The molecule has 1 aliphatic carbocycles. The van der Waals surface area contributed by atoms with E-state index in [2.05, 4.69) is 36.0 Å². The van der Waals surface area contributed by atoms with Crippen molar-refractivity contribution in [1.82, 2.24) is 15.5 Å². The maximum absolute atomic E-state index is 14.5. The molecule has 13 heteroatoms. The van der Waals surface area contributed by atoms with E-state index < -0.39 is 48.4 Å². The van der Waals surface area contributed by atoms with Gasteiger partial charge in [-0.25, -0.2) is 4.39 Å². The van der Waals surface area contributed by atoms with Crippen LogP contribution in [0.5, 0.6) is 0 Å². The molecule has 1 aromatic carbocycles. The summed E-state index contributed by atoms with van der Waals surface area (Å²) in [6.45, 7) is 18.4. The van der Waals surface area contributed by atoms with Crippen LogP contribution in [-0.4, -0.2) is 90.3 Å². The molecule has 1 aromatic rings. The molecule has 0 fully saturated rings. The molecule has 3 amide bonds. The lowest BCUT2D eigenvalue weighted by Crippen LogP contribution is -2.46. The summed E-state index contributed by atoms with van der Waals surface area (Å²) in [5.41, 5.74) is 3.67. The Balaban J connectivity index is 1.66. The van der Waals surface area contributed by atoms with E-state index in [0.29, 0.717) is 52.2 Å². The highest BCUT2D eigenvalue weighted by Gasteiger charge is 2.36. The zero-order valence-electron chi connectivity index (χ0n) is 31.2. The Morgan fingerprint density at radius 3 is 2.37 bits per heavy atom. The van der Waals surface area contributed by atoms with Crippen molar-refractivity contribution in [3.8, 4) is 0 Å². The molecule has 1 heterocycles. The summed E-state index contributed by atoms with van der Waals surface area (Å²) in [6, 6.07) is 2.81. The van der Waals surface area contributed by atoms with Crippen LogP contribution in [0, 0.1) is 11.7 Å². The third-order valence-corrected chi connectivity index (χ3v) is 9.44. The number of likely N-dealkylation sites (N-methyl/N-ethyl adjacent to an activating group) is 1. The number of aliphatic hydroxyl groups is 1. The highest BCUT2D eigenvalue weighted by atomic mass is 19.1. The van der Waals surface area contributed by atoms with Crippen LogP contribution in [-0.2, 0) is 33.5 Å². The van der Waals surface area contributed by atoms with Gasteiger partial charge in [0.05, 0.1) is 23.3 Å². The second kappa shape index (κ2) is 18.7. The van der Waals surface area contributed by atoms with Crippen LogP contribution < -0.4 is 15.5 Å². The maximum Gasteiger partial charge on any atom is 0.310 e. The molecule has 0 radical (unpaired) electrons. The van der Waals surface area contributed by atoms with Gasteiger partial charge in [-0.05, 0) is 93.8 Å². The van der Waals surface area contributed by atoms with Crippen molar-refractivity contribution in [2.24, 2.45) is 5.92 Å². The van der Waals surface area contributed by atoms with Crippen molar-refractivity contribution >= 4 is 46.5 Å². The van der Waals surface area contributed by atoms with Gasteiger partial charge in [0.2, 0.25) is 5.91 Å².